The largest absolute Gasteiger partial charge is 0.481 e. The SMILES string of the molecule is CC1CCN(C2CCC2C(=O)O)CC1O. The van der Waals surface area contributed by atoms with Crippen LogP contribution in [0.2, 0.25) is 0 Å². The molecule has 1 saturated carbocycles. The molecule has 0 amide bonds. The minimum atomic E-state index is -0.681. The molecule has 0 bridgehead atoms. The van der Waals surface area contributed by atoms with E-state index in [1.54, 1.807) is 0 Å². The Labute approximate surface area is 89.9 Å². The van der Waals surface area contributed by atoms with Crippen molar-refractivity contribution < 1.29 is 15.0 Å². The maximum Gasteiger partial charge on any atom is 0.308 e. The van der Waals surface area contributed by atoms with Gasteiger partial charge in [-0.3, -0.25) is 9.69 Å². The second kappa shape index (κ2) is 4.10. The third-order valence-electron chi connectivity index (χ3n) is 3.97. The first-order chi connectivity index (χ1) is 7.09. The van der Waals surface area contributed by atoms with Gasteiger partial charge in [0.05, 0.1) is 12.0 Å². The van der Waals surface area contributed by atoms with Gasteiger partial charge < -0.3 is 10.2 Å². The Hall–Kier alpha value is -0.610. The van der Waals surface area contributed by atoms with Gasteiger partial charge in [0.25, 0.3) is 0 Å². The van der Waals surface area contributed by atoms with Gasteiger partial charge in [0, 0.05) is 12.6 Å². The van der Waals surface area contributed by atoms with Gasteiger partial charge >= 0.3 is 5.97 Å². The maximum absolute atomic E-state index is 10.9. The van der Waals surface area contributed by atoms with Crippen LogP contribution < -0.4 is 0 Å². The number of rotatable bonds is 2. The summed E-state index contributed by atoms with van der Waals surface area (Å²) in [5, 5.41) is 18.7. The smallest absolute Gasteiger partial charge is 0.308 e. The predicted octanol–water partition coefficient (Wildman–Crippen LogP) is 0.552. The van der Waals surface area contributed by atoms with E-state index in [0.717, 1.165) is 25.8 Å². The molecule has 1 aliphatic heterocycles. The van der Waals surface area contributed by atoms with Gasteiger partial charge in [-0.15, -0.1) is 0 Å². The molecule has 2 N–H and O–H groups in total. The Bertz CT molecular complexity index is 256. The lowest BCUT2D eigenvalue weighted by Crippen LogP contribution is -2.55. The van der Waals surface area contributed by atoms with Gasteiger partial charge in [-0.25, -0.2) is 0 Å². The summed E-state index contributed by atoms with van der Waals surface area (Å²) < 4.78 is 0. The summed E-state index contributed by atoms with van der Waals surface area (Å²) in [6.07, 6.45) is 2.46. The number of aliphatic hydroxyl groups is 1. The Balaban J connectivity index is 1.92. The Morgan fingerprint density at radius 1 is 1.33 bits per heavy atom. The lowest BCUT2D eigenvalue weighted by Gasteiger charge is -2.46. The molecule has 15 heavy (non-hydrogen) atoms. The van der Waals surface area contributed by atoms with Gasteiger partial charge in [0.2, 0.25) is 0 Å². The predicted molar refractivity (Wildman–Crippen MR) is 55.5 cm³/mol. The number of hydrogen-bond donors (Lipinski definition) is 2. The molecule has 86 valence electrons. The van der Waals surface area contributed by atoms with Crippen molar-refractivity contribution in [3.05, 3.63) is 0 Å². The van der Waals surface area contributed by atoms with E-state index in [9.17, 15) is 9.90 Å². The minimum Gasteiger partial charge on any atom is -0.481 e. The van der Waals surface area contributed by atoms with E-state index < -0.39 is 5.97 Å². The number of piperidine rings is 1. The third-order valence-corrected chi connectivity index (χ3v) is 3.97. The first kappa shape index (κ1) is 10.9. The van der Waals surface area contributed by atoms with E-state index >= 15 is 0 Å². The summed E-state index contributed by atoms with van der Waals surface area (Å²) >= 11 is 0. The van der Waals surface area contributed by atoms with Crippen molar-refractivity contribution in [2.75, 3.05) is 13.1 Å². The highest BCUT2D eigenvalue weighted by Gasteiger charge is 2.42. The minimum absolute atomic E-state index is 0.171. The van der Waals surface area contributed by atoms with E-state index in [2.05, 4.69) is 11.8 Å². The lowest BCUT2D eigenvalue weighted by atomic mass is 9.77. The number of carbonyl (C=O) groups is 1. The second-order valence-electron chi connectivity index (χ2n) is 4.92. The van der Waals surface area contributed by atoms with Crippen molar-refractivity contribution >= 4 is 5.97 Å². The van der Waals surface area contributed by atoms with Crippen LogP contribution in [-0.2, 0) is 4.79 Å². The molecule has 1 aliphatic carbocycles. The van der Waals surface area contributed by atoms with Crippen molar-refractivity contribution in [1.82, 2.24) is 4.90 Å². The molecule has 2 fully saturated rings. The van der Waals surface area contributed by atoms with Crippen LogP contribution in [0.4, 0.5) is 0 Å². The number of nitrogens with zero attached hydrogens (tertiary/aromatic N) is 1. The summed E-state index contributed by atoms with van der Waals surface area (Å²) in [7, 11) is 0. The average Bonchev–Trinajstić information content (AvgIpc) is 2.08. The van der Waals surface area contributed by atoms with Crippen molar-refractivity contribution in [2.24, 2.45) is 11.8 Å². The third kappa shape index (κ3) is 2.01. The van der Waals surface area contributed by atoms with Gasteiger partial charge in [-0.2, -0.15) is 0 Å². The number of hydrogen-bond acceptors (Lipinski definition) is 3. The molecule has 1 saturated heterocycles. The van der Waals surface area contributed by atoms with Crippen molar-refractivity contribution in [2.45, 2.75) is 38.3 Å². The van der Waals surface area contributed by atoms with Gasteiger partial charge in [-0.05, 0) is 31.7 Å². The zero-order chi connectivity index (χ0) is 11.0. The molecule has 4 atom stereocenters. The molecule has 2 aliphatic rings. The Kier molecular flexibility index (Phi) is 2.98. The van der Waals surface area contributed by atoms with Crippen LogP contribution in [0.1, 0.15) is 26.2 Å². The van der Waals surface area contributed by atoms with Crippen molar-refractivity contribution in [3.63, 3.8) is 0 Å². The summed E-state index contributed by atoms with van der Waals surface area (Å²) in [4.78, 5) is 13.1. The quantitative estimate of drug-likeness (QED) is 0.703. The van der Waals surface area contributed by atoms with Crippen LogP contribution in [-0.4, -0.2) is 46.3 Å². The topological polar surface area (TPSA) is 60.8 Å². The summed E-state index contributed by atoms with van der Waals surface area (Å²) in [6, 6.07) is 0.171. The number of carboxylic acid groups (broad SMARTS) is 1. The molecular formula is C11H19NO3. The normalized spacial score (nSPS) is 42.3. The molecule has 0 aromatic heterocycles. The molecule has 2 rings (SSSR count). The molecule has 0 radical (unpaired) electrons. The van der Waals surface area contributed by atoms with E-state index in [1.807, 2.05) is 0 Å². The zero-order valence-corrected chi connectivity index (χ0v) is 9.09. The first-order valence-corrected chi connectivity index (χ1v) is 5.74. The summed E-state index contributed by atoms with van der Waals surface area (Å²) in [5.41, 5.74) is 0. The van der Waals surface area contributed by atoms with Gasteiger partial charge in [0.15, 0.2) is 0 Å². The van der Waals surface area contributed by atoms with E-state index in [1.165, 1.54) is 0 Å². The summed E-state index contributed by atoms with van der Waals surface area (Å²) in [5.74, 6) is -0.533. The maximum atomic E-state index is 10.9. The van der Waals surface area contributed by atoms with E-state index in [-0.39, 0.29) is 18.1 Å². The van der Waals surface area contributed by atoms with Gasteiger partial charge in [0.1, 0.15) is 0 Å². The fraction of sp³-hybridized carbons (Fsp3) is 0.909. The highest BCUT2D eigenvalue weighted by molar-refractivity contribution is 5.72. The van der Waals surface area contributed by atoms with E-state index in [4.69, 9.17) is 5.11 Å². The number of β-amino-alcohol motifs (C(OH)–C–C–N with tert-alkyl or cyclic N) is 1. The molecule has 0 aromatic carbocycles. The standard InChI is InChI=1S/C11H19NO3/c1-7-4-5-12(6-10(7)13)9-3-2-8(9)11(14)15/h7-10,13H,2-6H2,1H3,(H,14,15). The number of aliphatic hydroxyl groups excluding tert-OH is 1. The Morgan fingerprint density at radius 2 is 2.07 bits per heavy atom. The molecular weight excluding hydrogens is 194 g/mol. The monoisotopic (exact) mass is 213 g/mol. The van der Waals surface area contributed by atoms with Crippen LogP contribution in [0.15, 0.2) is 0 Å². The summed E-state index contributed by atoms with van der Waals surface area (Å²) in [6.45, 7) is 3.64. The van der Waals surface area contributed by atoms with Crippen LogP contribution in [0.3, 0.4) is 0 Å². The van der Waals surface area contributed by atoms with Crippen LogP contribution in [0.5, 0.6) is 0 Å². The number of aliphatic carboxylic acids is 1. The lowest BCUT2D eigenvalue weighted by molar-refractivity contribution is -0.150. The average molecular weight is 213 g/mol. The fourth-order valence-corrected chi connectivity index (χ4v) is 2.58. The van der Waals surface area contributed by atoms with Crippen LogP contribution >= 0.6 is 0 Å². The molecule has 1 heterocycles. The van der Waals surface area contributed by atoms with Crippen molar-refractivity contribution in [1.29, 1.82) is 0 Å². The Morgan fingerprint density at radius 3 is 2.53 bits per heavy atom. The molecule has 4 nitrogen and oxygen atoms in total. The van der Waals surface area contributed by atoms with Crippen LogP contribution in [0, 0.1) is 11.8 Å². The van der Waals surface area contributed by atoms with Crippen molar-refractivity contribution in [3.8, 4) is 0 Å². The highest BCUT2D eigenvalue weighted by Crippen LogP contribution is 2.34. The fourth-order valence-electron chi connectivity index (χ4n) is 2.58. The van der Waals surface area contributed by atoms with Gasteiger partial charge in [-0.1, -0.05) is 6.92 Å². The molecule has 0 aromatic rings. The second-order valence-corrected chi connectivity index (χ2v) is 4.92. The molecule has 4 heteroatoms. The van der Waals surface area contributed by atoms with Crippen LogP contribution in [0.25, 0.3) is 0 Å². The molecule has 4 unspecified atom stereocenters. The number of likely N-dealkylation sites (tertiary alicyclic amines) is 1. The molecule has 0 spiro atoms. The number of carboxylic acids is 1. The first-order valence-electron chi connectivity index (χ1n) is 5.74. The van der Waals surface area contributed by atoms with E-state index in [0.29, 0.717) is 12.5 Å². The zero-order valence-electron chi connectivity index (χ0n) is 9.09. The highest BCUT2D eigenvalue weighted by atomic mass is 16.4.